The molecule has 0 radical (unpaired) electrons. The van der Waals surface area contributed by atoms with E-state index in [1.54, 1.807) is 16.3 Å². The van der Waals surface area contributed by atoms with Crippen LogP contribution in [-0.4, -0.2) is 61.9 Å². The Labute approximate surface area is 147 Å². The van der Waals surface area contributed by atoms with Gasteiger partial charge >= 0.3 is 0 Å². The van der Waals surface area contributed by atoms with Gasteiger partial charge in [0.05, 0.1) is 12.2 Å². The summed E-state index contributed by atoms with van der Waals surface area (Å²) in [6.07, 6.45) is 2.82. The largest absolute Gasteiger partial charge is 0.372 e. The van der Waals surface area contributed by atoms with Gasteiger partial charge in [-0.3, -0.25) is 4.79 Å². The molecule has 3 heterocycles. The monoisotopic (exact) mass is 372 g/mol. The highest BCUT2D eigenvalue weighted by Crippen LogP contribution is 2.29. The normalized spacial score (nSPS) is 22.5. The lowest BCUT2D eigenvalue weighted by Gasteiger charge is -2.38. The van der Waals surface area contributed by atoms with Gasteiger partial charge in [-0.15, -0.1) is 11.3 Å². The lowest BCUT2D eigenvalue weighted by Crippen LogP contribution is -2.50. The number of hydrogen-bond donors (Lipinski definition) is 0. The van der Waals surface area contributed by atoms with E-state index in [0.29, 0.717) is 37.7 Å². The molecule has 3 rings (SSSR count). The molecule has 8 heteroatoms. The molecule has 1 amide bonds. The van der Waals surface area contributed by atoms with Crippen LogP contribution in [0.15, 0.2) is 16.3 Å². The number of morpholine rings is 1. The molecule has 24 heavy (non-hydrogen) atoms. The summed E-state index contributed by atoms with van der Waals surface area (Å²) in [6, 6.07) is 1.56. The summed E-state index contributed by atoms with van der Waals surface area (Å²) >= 11 is 1.20. The molecule has 0 unspecified atom stereocenters. The summed E-state index contributed by atoms with van der Waals surface area (Å²) < 4.78 is 33.0. The van der Waals surface area contributed by atoms with Crippen LogP contribution in [0.4, 0.5) is 0 Å². The van der Waals surface area contributed by atoms with Crippen LogP contribution in [0.3, 0.4) is 0 Å². The number of hydrogen-bond acceptors (Lipinski definition) is 5. The molecule has 0 N–H and O–H groups in total. The van der Waals surface area contributed by atoms with Gasteiger partial charge in [-0.2, -0.15) is 4.31 Å². The molecular formula is C16H24N2O4S2. The van der Waals surface area contributed by atoms with Crippen LogP contribution in [0.2, 0.25) is 0 Å². The van der Waals surface area contributed by atoms with Gasteiger partial charge in [0.2, 0.25) is 10.0 Å². The van der Waals surface area contributed by atoms with E-state index in [9.17, 15) is 13.2 Å². The van der Waals surface area contributed by atoms with Crippen LogP contribution in [0.1, 0.15) is 42.8 Å². The van der Waals surface area contributed by atoms with Crippen molar-refractivity contribution in [2.75, 3.05) is 32.8 Å². The number of rotatable bonds is 3. The number of piperidine rings is 1. The maximum absolute atomic E-state index is 12.9. The second-order valence-electron chi connectivity index (χ2n) is 6.91. The highest BCUT2D eigenvalue weighted by molar-refractivity contribution is 7.89. The molecule has 6 nitrogen and oxygen atoms in total. The molecule has 0 spiro atoms. The molecule has 0 atom stereocenters. The topological polar surface area (TPSA) is 66.9 Å². The first-order chi connectivity index (χ1) is 11.3. The van der Waals surface area contributed by atoms with E-state index in [-0.39, 0.29) is 10.8 Å². The number of amides is 1. The van der Waals surface area contributed by atoms with Gasteiger partial charge in [0.15, 0.2) is 0 Å². The maximum Gasteiger partial charge on any atom is 0.265 e. The van der Waals surface area contributed by atoms with Crippen LogP contribution in [0.25, 0.3) is 0 Å². The van der Waals surface area contributed by atoms with Crippen LogP contribution in [-0.2, 0) is 14.8 Å². The van der Waals surface area contributed by atoms with Gasteiger partial charge in [0.1, 0.15) is 9.77 Å². The number of thiophene rings is 1. The van der Waals surface area contributed by atoms with Gasteiger partial charge in [-0.05, 0) is 38.1 Å². The van der Waals surface area contributed by atoms with Crippen LogP contribution in [0, 0.1) is 0 Å². The fourth-order valence-electron chi connectivity index (χ4n) is 3.23. The third-order valence-corrected chi connectivity index (χ3v) is 7.44. The standard InChI is InChI=1S/C16H24N2O4S2/c1-16(2)12-17(9-10-22-16)15(19)14-13(6-11-23-14)24(20,21)18-7-4-3-5-8-18/h6,11H,3-5,7-10,12H2,1-2H3. The Morgan fingerprint density at radius 3 is 2.58 bits per heavy atom. The Kier molecular flexibility index (Phi) is 5.01. The second kappa shape index (κ2) is 6.74. The highest BCUT2D eigenvalue weighted by Gasteiger charge is 2.35. The first-order valence-electron chi connectivity index (χ1n) is 8.32. The van der Waals surface area contributed by atoms with Crippen LogP contribution in [0.5, 0.6) is 0 Å². The van der Waals surface area contributed by atoms with E-state index < -0.39 is 15.6 Å². The van der Waals surface area contributed by atoms with E-state index in [1.165, 1.54) is 15.6 Å². The predicted octanol–water partition coefficient (Wildman–Crippen LogP) is 2.17. The zero-order valence-electron chi connectivity index (χ0n) is 14.2. The van der Waals surface area contributed by atoms with Crippen molar-refractivity contribution >= 4 is 27.3 Å². The minimum Gasteiger partial charge on any atom is -0.372 e. The van der Waals surface area contributed by atoms with Gasteiger partial charge < -0.3 is 9.64 Å². The lowest BCUT2D eigenvalue weighted by atomic mass is 10.1. The van der Waals surface area contributed by atoms with E-state index in [4.69, 9.17) is 4.74 Å². The van der Waals surface area contributed by atoms with E-state index in [1.807, 2.05) is 13.8 Å². The predicted molar refractivity (Wildman–Crippen MR) is 92.9 cm³/mol. The average molecular weight is 373 g/mol. The van der Waals surface area contributed by atoms with Crippen molar-refractivity contribution in [3.63, 3.8) is 0 Å². The Morgan fingerprint density at radius 2 is 1.92 bits per heavy atom. The minimum absolute atomic E-state index is 0.156. The quantitative estimate of drug-likeness (QED) is 0.816. The molecular weight excluding hydrogens is 348 g/mol. The zero-order valence-corrected chi connectivity index (χ0v) is 15.8. The molecule has 2 saturated heterocycles. The number of ether oxygens (including phenoxy) is 1. The molecule has 0 aliphatic carbocycles. The van der Waals surface area contributed by atoms with E-state index >= 15 is 0 Å². The SMILES string of the molecule is CC1(C)CN(C(=O)c2sccc2S(=O)(=O)N2CCCCC2)CCO1. The Balaban J connectivity index is 1.86. The number of nitrogens with zero attached hydrogens (tertiary/aromatic N) is 2. The van der Waals surface area contributed by atoms with Crippen molar-refractivity contribution in [3.8, 4) is 0 Å². The lowest BCUT2D eigenvalue weighted by molar-refractivity contribution is -0.0763. The molecule has 1 aromatic heterocycles. The van der Waals surface area contributed by atoms with Crippen molar-refractivity contribution in [2.24, 2.45) is 0 Å². The van der Waals surface area contributed by atoms with Gasteiger partial charge in [-0.25, -0.2) is 8.42 Å². The first-order valence-corrected chi connectivity index (χ1v) is 10.6. The van der Waals surface area contributed by atoms with Crippen molar-refractivity contribution in [2.45, 2.75) is 43.6 Å². The summed E-state index contributed by atoms with van der Waals surface area (Å²) in [4.78, 5) is 15.1. The van der Waals surface area contributed by atoms with Crippen molar-refractivity contribution in [1.82, 2.24) is 9.21 Å². The third kappa shape index (κ3) is 3.51. The van der Waals surface area contributed by atoms with E-state index in [0.717, 1.165) is 19.3 Å². The number of carbonyl (C=O) groups excluding carboxylic acids is 1. The van der Waals surface area contributed by atoms with Crippen LogP contribution < -0.4 is 0 Å². The summed E-state index contributed by atoms with van der Waals surface area (Å²) in [5, 5.41) is 1.69. The number of sulfonamides is 1. The fourth-order valence-corrected chi connectivity index (χ4v) is 6.11. The van der Waals surface area contributed by atoms with E-state index in [2.05, 4.69) is 0 Å². The molecule has 0 saturated carbocycles. The molecule has 134 valence electrons. The smallest absolute Gasteiger partial charge is 0.265 e. The second-order valence-corrected chi connectivity index (χ2v) is 9.74. The summed E-state index contributed by atoms with van der Waals surface area (Å²) in [7, 11) is -3.60. The van der Waals surface area contributed by atoms with Crippen molar-refractivity contribution in [1.29, 1.82) is 0 Å². The molecule has 2 aliphatic rings. The Bertz CT molecular complexity index is 705. The molecule has 2 fully saturated rings. The summed E-state index contributed by atoms with van der Waals surface area (Å²) in [6.45, 7) is 6.37. The van der Waals surface area contributed by atoms with Gasteiger partial charge in [0, 0.05) is 26.2 Å². The summed E-state index contributed by atoms with van der Waals surface area (Å²) in [5.41, 5.74) is -0.406. The fraction of sp³-hybridized carbons (Fsp3) is 0.688. The Hall–Kier alpha value is -0.960. The molecule has 1 aromatic rings. The molecule has 2 aliphatic heterocycles. The molecule has 0 aromatic carbocycles. The Morgan fingerprint density at radius 1 is 1.21 bits per heavy atom. The zero-order chi connectivity index (χ0) is 17.4. The average Bonchev–Trinajstić information content (AvgIpc) is 3.04. The van der Waals surface area contributed by atoms with Crippen molar-refractivity contribution < 1.29 is 17.9 Å². The van der Waals surface area contributed by atoms with Crippen molar-refractivity contribution in [3.05, 3.63) is 16.3 Å². The molecule has 0 bridgehead atoms. The van der Waals surface area contributed by atoms with Gasteiger partial charge in [-0.1, -0.05) is 6.42 Å². The minimum atomic E-state index is -3.60. The first kappa shape index (κ1) is 17.8. The maximum atomic E-state index is 12.9. The number of carbonyl (C=O) groups is 1. The van der Waals surface area contributed by atoms with Crippen LogP contribution >= 0.6 is 11.3 Å². The third-order valence-electron chi connectivity index (χ3n) is 4.47. The van der Waals surface area contributed by atoms with Gasteiger partial charge in [0.25, 0.3) is 5.91 Å². The highest BCUT2D eigenvalue weighted by atomic mass is 32.2. The summed E-state index contributed by atoms with van der Waals surface area (Å²) in [5.74, 6) is -0.211.